The van der Waals surface area contributed by atoms with Crippen molar-refractivity contribution in [1.29, 1.82) is 0 Å². The van der Waals surface area contributed by atoms with Crippen LogP contribution in [0.5, 0.6) is 0 Å². The molecule has 9 nitrogen and oxygen atoms in total. The Kier molecular flexibility index (Phi) is 6.54. The molecule has 164 valence electrons. The topological polar surface area (TPSA) is 148 Å². The predicted molar refractivity (Wildman–Crippen MR) is 114 cm³/mol. The SMILES string of the molecule is COC(O)c1c(Nc2c(NC3CCCCC3C)c(=O)c2=O)ccc(Cl)c1S(N)(=O)=O. The number of aliphatic hydroxyl groups excluding tert-OH is 1. The van der Waals surface area contributed by atoms with Crippen molar-refractivity contribution in [2.24, 2.45) is 11.1 Å². The summed E-state index contributed by atoms with van der Waals surface area (Å²) in [5.74, 6) is 0.339. The maximum atomic E-state index is 12.2. The number of primary sulfonamides is 1. The number of ether oxygens (including phenoxy) is 1. The lowest BCUT2D eigenvalue weighted by molar-refractivity contribution is -0.0782. The van der Waals surface area contributed by atoms with E-state index in [4.69, 9.17) is 21.5 Å². The van der Waals surface area contributed by atoms with Gasteiger partial charge in [-0.3, -0.25) is 9.59 Å². The number of hydrogen-bond acceptors (Lipinski definition) is 8. The van der Waals surface area contributed by atoms with Gasteiger partial charge in [0.15, 0.2) is 6.29 Å². The highest BCUT2D eigenvalue weighted by molar-refractivity contribution is 7.89. The van der Waals surface area contributed by atoms with Crippen molar-refractivity contribution in [3.8, 4) is 0 Å². The van der Waals surface area contributed by atoms with Gasteiger partial charge in [0.05, 0.1) is 10.6 Å². The summed E-state index contributed by atoms with van der Waals surface area (Å²) in [6.07, 6.45) is 2.36. The summed E-state index contributed by atoms with van der Waals surface area (Å²) in [7, 11) is -3.17. The summed E-state index contributed by atoms with van der Waals surface area (Å²) in [4.78, 5) is 23.9. The first-order valence-electron chi connectivity index (χ1n) is 9.49. The molecule has 0 amide bonds. The lowest BCUT2D eigenvalue weighted by atomic mass is 9.85. The van der Waals surface area contributed by atoms with Gasteiger partial charge in [-0.2, -0.15) is 0 Å². The van der Waals surface area contributed by atoms with Crippen molar-refractivity contribution in [2.75, 3.05) is 17.7 Å². The molecule has 3 unspecified atom stereocenters. The van der Waals surface area contributed by atoms with Gasteiger partial charge in [-0.1, -0.05) is 31.4 Å². The molecule has 1 saturated carbocycles. The molecule has 0 heterocycles. The number of rotatable bonds is 7. The molecular formula is C19H24ClN3O6S. The Morgan fingerprint density at radius 3 is 2.43 bits per heavy atom. The average Bonchev–Trinajstić information content (AvgIpc) is 2.70. The molecule has 0 aliphatic heterocycles. The number of nitrogens with two attached hydrogens (primary N) is 1. The van der Waals surface area contributed by atoms with Gasteiger partial charge in [-0.15, -0.1) is 0 Å². The molecule has 2 aromatic rings. The molecule has 5 N–H and O–H groups in total. The fourth-order valence-electron chi connectivity index (χ4n) is 3.83. The van der Waals surface area contributed by atoms with E-state index in [2.05, 4.69) is 17.6 Å². The van der Waals surface area contributed by atoms with Gasteiger partial charge < -0.3 is 20.5 Å². The fourth-order valence-corrected chi connectivity index (χ4v) is 5.18. The van der Waals surface area contributed by atoms with Crippen molar-refractivity contribution < 1.29 is 18.3 Å². The van der Waals surface area contributed by atoms with Crippen LogP contribution in [-0.2, 0) is 14.8 Å². The average molecular weight is 458 g/mol. The Hall–Kier alpha value is -1.98. The summed E-state index contributed by atoms with van der Waals surface area (Å²) in [5.41, 5.74) is -1.48. The highest BCUT2D eigenvalue weighted by atomic mass is 35.5. The second kappa shape index (κ2) is 8.64. The molecule has 1 fully saturated rings. The molecule has 1 aliphatic rings. The number of anilines is 3. The lowest BCUT2D eigenvalue weighted by Gasteiger charge is -2.31. The highest BCUT2D eigenvalue weighted by Crippen LogP contribution is 2.37. The Morgan fingerprint density at radius 2 is 1.83 bits per heavy atom. The van der Waals surface area contributed by atoms with Crippen LogP contribution in [0.1, 0.15) is 44.5 Å². The maximum absolute atomic E-state index is 12.2. The van der Waals surface area contributed by atoms with Crippen molar-refractivity contribution in [2.45, 2.75) is 49.8 Å². The Labute approximate surface area is 178 Å². The zero-order valence-electron chi connectivity index (χ0n) is 16.6. The summed E-state index contributed by atoms with van der Waals surface area (Å²) >= 11 is 6.00. The number of hydrogen-bond donors (Lipinski definition) is 4. The normalized spacial score (nSPS) is 20.8. The number of nitrogens with one attached hydrogen (secondary N) is 2. The van der Waals surface area contributed by atoms with Crippen molar-refractivity contribution in [1.82, 2.24) is 0 Å². The van der Waals surface area contributed by atoms with Gasteiger partial charge in [0.25, 0.3) is 10.9 Å². The fraction of sp³-hybridized carbons (Fsp3) is 0.474. The Balaban J connectivity index is 2.03. The summed E-state index contributed by atoms with van der Waals surface area (Å²) < 4.78 is 29.0. The molecule has 0 aromatic heterocycles. The third kappa shape index (κ3) is 4.23. The monoisotopic (exact) mass is 457 g/mol. The van der Waals surface area contributed by atoms with Gasteiger partial charge in [-0.05, 0) is 30.9 Å². The maximum Gasteiger partial charge on any atom is 0.253 e. The van der Waals surface area contributed by atoms with Crippen LogP contribution in [0.25, 0.3) is 0 Å². The van der Waals surface area contributed by atoms with Crippen LogP contribution < -0.4 is 26.6 Å². The van der Waals surface area contributed by atoms with Crippen molar-refractivity contribution in [3.63, 3.8) is 0 Å². The summed E-state index contributed by atoms with van der Waals surface area (Å²) in [6, 6.07) is 2.69. The summed E-state index contributed by atoms with van der Waals surface area (Å²) in [6.45, 7) is 2.08. The quantitative estimate of drug-likeness (QED) is 0.364. The van der Waals surface area contributed by atoms with Crippen LogP contribution in [0.3, 0.4) is 0 Å². The molecule has 1 aliphatic carbocycles. The number of halogens is 1. The molecule has 11 heteroatoms. The van der Waals surface area contributed by atoms with Gasteiger partial charge >= 0.3 is 0 Å². The molecule has 0 bridgehead atoms. The van der Waals surface area contributed by atoms with Crippen molar-refractivity contribution >= 4 is 38.7 Å². The molecule has 3 atom stereocenters. The predicted octanol–water partition coefficient (Wildman–Crippen LogP) is 1.95. The van der Waals surface area contributed by atoms with Gasteiger partial charge in [0, 0.05) is 18.8 Å². The zero-order chi connectivity index (χ0) is 22.2. The Morgan fingerprint density at radius 1 is 1.20 bits per heavy atom. The van der Waals surface area contributed by atoms with E-state index < -0.39 is 32.1 Å². The zero-order valence-corrected chi connectivity index (χ0v) is 18.1. The van der Waals surface area contributed by atoms with Gasteiger partial charge in [0.1, 0.15) is 16.3 Å². The first-order chi connectivity index (χ1) is 14.1. The molecule has 0 saturated heterocycles. The number of benzene rings is 1. The van der Waals surface area contributed by atoms with Crippen LogP contribution in [0.15, 0.2) is 26.6 Å². The van der Waals surface area contributed by atoms with Crippen LogP contribution in [0.2, 0.25) is 5.02 Å². The van der Waals surface area contributed by atoms with Gasteiger partial charge in [0.2, 0.25) is 10.0 Å². The first kappa shape index (κ1) is 22.7. The van der Waals surface area contributed by atoms with E-state index in [0.717, 1.165) is 32.8 Å². The lowest BCUT2D eigenvalue weighted by Crippen LogP contribution is -2.41. The third-order valence-corrected chi connectivity index (χ3v) is 6.95. The molecule has 0 spiro atoms. The summed E-state index contributed by atoms with van der Waals surface area (Å²) in [5, 5.41) is 21.2. The number of sulfonamides is 1. The van der Waals surface area contributed by atoms with Crippen LogP contribution in [0, 0.1) is 5.92 Å². The van der Waals surface area contributed by atoms with Gasteiger partial charge in [-0.25, -0.2) is 13.6 Å². The minimum atomic E-state index is -4.33. The minimum absolute atomic E-state index is 0.00924. The largest absolute Gasteiger partial charge is 0.377 e. The van der Waals surface area contributed by atoms with E-state index >= 15 is 0 Å². The Bertz CT molecular complexity index is 1130. The van der Waals surface area contributed by atoms with E-state index in [1.54, 1.807) is 0 Å². The second-order valence-electron chi connectivity index (χ2n) is 7.52. The minimum Gasteiger partial charge on any atom is -0.377 e. The smallest absolute Gasteiger partial charge is 0.253 e. The van der Waals surface area contributed by atoms with Crippen LogP contribution in [-0.4, -0.2) is 26.7 Å². The van der Waals surface area contributed by atoms with Crippen LogP contribution in [0.4, 0.5) is 17.1 Å². The third-order valence-electron chi connectivity index (χ3n) is 5.51. The van der Waals surface area contributed by atoms with Crippen LogP contribution >= 0.6 is 11.6 Å². The van der Waals surface area contributed by atoms with Crippen molar-refractivity contribution in [3.05, 3.63) is 43.2 Å². The molecule has 3 rings (SSSR count). The number of methoxy groups -OCH3 is 1. The van der Waals surface area contributed by atoms with E-state index in [1.807, 2.05) is 0 Å². The standard InChI is InChI=1S/C19H24ClN3O6S/c1-9-5-3-4-6-11(9)22-14-15(17(25)16(14)24)23-12-8-7-10(20)18(30(21,27)28)13(12)19(26)29-2/h7-9,11,19,22-23,26H,3-6H2,1-2H3,(H2,21,27,28). The van der Waals surface area contributed by atoms with E-state index in [1.165, 1.54) is 12.1 Å². The molecule has 2 aromatic carbocycles. The highest BCUT2D eigenvalue weighted by Gasteiger charge is 2.30. The molecule has 30 heavy (non-hydrogen) atoms. The molecular weight excluding hydrogens is 434 g/mol. The van der Waals surface area contributed by atoms with E-state index in [-0.39, 0.29) is 33.7 Å². The second-order valence-corrected chi connectivity index (χ2v) is 9.42. The first-order valence-corrected chi connectivity index (χ1v) is 11.4. The number of aliphatic hydroxyl groups is 1. The van der Waals surface area contributed by atoms with E-state index in [0.29, 0.717) is 5.92 Å². The molecule has 0 radical (unpaired) electrons. The van der Waals surface area contributed by atoms with E-state index in [9.17, 15) is 23.1 Å².